The first-order chi connectivity index (χ1) is 9.29. The summed E-state index contributed by atoms with van der Waals surface area (Å²) in [7, 11) is 0. The maximum atomic E-state index is 12.3. The summed E-state index contributed by atoms with van der Waals surface area (Å²) < 4.78 is 1.13. The first-order valence-corrected chi connectivity index (χ1v) is 7.54. The molecule has 2 bridgehead atoms. The second-order valence-corrected chi connectivity index (χ2v) is 6.36. The number of piperidine rings is 1. The van der Waals surface area contributed by atoms with Crippen LogP contribution in [0, 0.1) is 5.92 Å². The third-order valence-electron chi connectivity index (χ3n) is 4.22. The minimum absolute atomic E-state index is 0.0353. The first-order valence-electron chi connectivity index (χ1n) is 6.66. The zero-order valence-electron chi connectivity index (χ0n) is 10.5. The van der Waals surface area contributed by atoms with Crippen molar-refractivity contribution in [3.8, 4) is 0 Å². The number of thiophene rings is 1. The molecular formula is C14H15N3OS. The molecule has 0 aliphatic carbocycles. The van der Waals surface area contributed by atoms with Gasteiger partial charge in [-0.25, -0.2) is 4.98 Å². The lowest BCUT2D eigenvalue weighted by Gasteiger charge is -2.22. The summed E-state index contributed by atoms with van der Waals surface area (Å²) in [6, 6.07) is 4.22. The number of pyridine rings is 1. The monoisotopic (exact) mass is 273 g/mol. The topological polar surface area (TPSA) is 45.2 Å². The Labute approximate surface area is 115 Å². The molecule has 5 heteroatoms. The quantitative estimate of drug-likeness (QED) is 0.906. The van der Waals surface area contributed by atoms with E-state index in [-0.39, 0.29) is 5.91 Å². The van der Waals surface area contributed by atoms with Crippen LogP contribution in [0.25, 0.3) is 10.1 Å². The fourth-order valence-electron chi connectivity index (χ4n) is 3.18. The summed E-state index contributed by atoms with van der Waals surface area (Å²) >= 11 is 1.65. The standard InChI is InChI=1S/C14H15N3OS/c18-14(16-12-8-17-3-1-10(12)7-17)11-5-9-2-4-19-13(9)6-15-11/h2,4-6,10,12H,1,3,7-8H2,(H,16,18). The number of nitrogens with zero attached hydrogens (tertiary/aromatic N) is 2. The molecule has 2 aliphatic heterocycles. The molecule has 0 spiro atoms. The zero-order chi connectivity index (χ0) is 12.8. The fourth-order valence-corrected chi connectivity index (χ4v) is 3.92. The lowest BCUT2D eigenvalue weighted by molar-refractivity contribution is 0.0919. The Balaban J connectivity index is 1.53. The summed E-state index contributed by atoms with van der Waals surface area (Å²) in [5.74, 6) is 0.598. The minimum Gasteiger partial charge on any atom is -0.346 e. The van der Waals surface area contributed by atoms with E-state index in [0.717, 1.165) is 23.2 Å². The van der Waals surface area contributed by atoms with Crippen LogP contribution in [0.3, 0.4) is 0 Å². The van der Waals surface area contributed by atoms with Crippen LogP contribution in [0.15, 0.2) is 23.7 Å². The van der Waals surface area contributed by atoms with Crippen molar-refractivity contribution in [2.24, 2.45) is 5.92 Å². The molecule has 1 amide bonds. The maximum Gasteiger partial charge on any atom is 0.270 e. The van der Waals surface area contributed by atoms with Gasteiger partial charge in [-0.15, -0.1) is 11.3 Å². The van der Waals surface area contributed by atoms with Gasteiger partial charge in [0.1, 0.15) is 5.69 Å². The van der Waals surface area contributed by atoms with Crippen LogP contribution in [-0.4, -0.2) is 41.5 Å². The van der Waals surface area contributed by atoms with E-state index in [0.29, 0.717) is 17.7 Å². The normalized spacial score (nSPS) is 28.9. The molecule has 0 saturated carbocycles. The Morgan fingerprint density at radius 3 is 3.21 bits per heavy atom. The largest absolute Gasteiger partial charge is 0.346 e. The molecule has 98 valence electrons. The van der Waals surface area contributed by atoms with Gasteiger partial charge >= 0.3 is 0 Å². The molecule has 4 rings (SSSR count). The minimum atomic E-state index is -0.0353. The van der Waals surface area contributed by atoms with Gasteiger partial charge in [-0.2, -0.15) is 0 Å². The highest BCUT2D eigenvalue weighted by molar-refractivity contribution is 7.17. The SMILES string of the molecule is O=C(NC1CN2CCC1C2)c1cc2ccsc2cn1. The van der Waals surface area contributed by atoms with Gasteiger partial charge in [0.2, 0.25) is 0 Å². The van der Waals surface area contributed by atoms with Gasteiger partial charge in [0, 0.05) is 25.3 Å². The number of hydrogen-bond acceptors (Lipinski definition) is 4. The average molecular weight is 273 g/mol. The molecule has 3 unspecified atom stereocenters. The summed E-state index contributed by atoms with van der Waals surface area (Å²) in [5.41, 5.74) is 0.531. The van der Waals surface area contributed by atoms with Crippen LogP contribution < -0.4 is 5.32 Å². The Bertz CT molecular complexity index is 638. The van der Waals surface area contributed by atoms with Crippen molar-refractivity contribution in [3.05, 3.63) is 29.4 Å². The molecule has 2 aromatic heterocycles. The van der Waals surface area contributed by atoms with Crippen LogP contribution in [0.4, 0.5) is 0 Å². The predicted molar refractivity (Wildman–Crippen MR) is 75.4 cm³/mol. The van der Waals surface area contributed by atoms with Crippen molar-refractivity contribution in [3.63, 3.8) is 0 Å². The molecule has 4 nitrogen and oxygen atoms in total. The van der Waals surface area contributed by atoms with E-state index in [9.17, 15) is 4.79 Å². The van der Waals surface area contributed by atoms with Crippen LogP contribution in [0.2, 0.25) is 0 Å². The van der Waals surface area contributed by atoms with Crippen LogP contribution in [0.1, 0.15) is 16.9 Å². The predicted octanol–water partition coefficient (Wildman–Crippen LogP) is 1.73. The van der Waals surface area contributed by atoms with Crippen molar-refractivity contribution in [1.82, 2.24) is 15.2 Å². The van der Waals surface area contributed by atoms with Crippen molar-refractivity contribution in [2.75, 3.05) is 19.6 Å². The highest BCUT2D eigenvalue weighted by Gasteiger charge is 2.38. The van der Waals surface area contributed by atoms with E-state index < -0.39 is 0 Å². The number of hydrogen-bond donors (Lipinski definition) is 1. The second-order valence-electron chi connectivity index (χ2n) is 5.42. The molecule has 2 fully saturated rings. The molecule has 1 N–H and O–H groups in total. The highest BCUT2D eigenvalue weighted by Crippen LogP contribution is 2.28. The maximum absolute atomic E-state index is 12.3. The number of carbonyl (C=O) groups is 1. The van der Waals surface area contributed by atoms with E-state index in [1.165, 1.54) is 13.0 Å². The van der Waals surface area contributed by atoms with E-state index in [1.807, 2.05) is 17.5 Å². The summed E-state index contributed by atoms with van der Waals surface area (Å²) in [5, 5.41) is 6.27. The molecule has 4 heterocycles. The van der Waals surface area contributed by atoms with Crippen molar-refractivity contribution >= 4 is 27.3 Å². The molecule has 2 aromatic rings. The van der Waals surface area contributed by atoms with Gasteiger partial charge in [0.25, 0.3) is 5.91 Å². The molecule has 19 heavy (non-hydrogen) atoms. The Morgan fingerprint density at radius 1 is 1.47 bits per heavy atom. The van der Waals surface area contributed by atoms with Gasteiger partial charge in [-0.1, -0.05) is 0 Å². The summed E-state index contributed by atoms with van der Waals surface area (Å²) in [6.45, 7) is 3.33. The lowest BCUT2D eigenvalue weighted by atomic mass is 10.00. The molecular weight excluding hydrogens is 258 g/mol. The fraction of sp³-hybridized carbons (Fsp3) is 0.429. The smallest absolute Gasteiger partial charge is 0.270 e. The highest BCUT2D eigenvalue weighted by atomic mass is 32.1. The Hall–Kier alpha value is -1.46. The van der Waals surface area contributed by atoms with E-state index in [1.54, 1.807) is 17.5 Å². The van der Waals surface area contributed by atoms with Gasteiger partial charge in [-0.3, -0.25) is 4.79 Å². The first kappa shape index (κ1) is 11.4. The average Bonchev–Trinajstić information content (AvgIpc) is 3.13. The Morgan fingerprint density at radius 2 is 2.42 bits per heavy atom. The van der Waals surface area contributed by atoms with Crippen molar-refractivity contribution in [1.29, 1.82) is 0 Å². The van der Waals surface area contributed by atoms with Crippen LogP contribution >= 0.6 is 11.3 Å². The third-order valence-corrected chi connectivity index (χ3v) is 5.09. The van der Waals surface area contributed by atoms with E-state index >= 15 is 0 Å². The number of carbonyl (C=O) groups excluding carboxylic acids is 1. The van der Waals surface area contributed by atoms with Crippen LogP contribution in [-0.2, 0) is 0 Å². The molecule has 0 radical (unpaired) electrons. The van der Waals surface area contributed by atoms with Crippen molar-refractivity contribution < 1.29 is 4.79 Å². The molecule has 2 aliphatic rings. The Kier molecular flexibility index (Phi) is 2.56. The third kappa shape index (κ3) is 1.93. The molecule has 3 atom stereocenters. The number of rotatable bonds is 2. The van der Waals surface area contributed by atoms with E-state index in [2.05, 4.69) is 15.2 Å². The number of nitrogens with one attached hydrogen (secondary N) is 1. The lowest BCUT2D eigenvalue weighted by Crippen LogP contribution is -2.43. The van der Waals surface area contributed by atoms with Gasteiger partial charge in [0.15, 0.2) is 0 Å². The van der Waals surface area contributed by atoms with Crippen LogP contribution in [0.5, 0.6) is 0 Å². The summed E-state index contributed by atoms with van der Waals surface area (Å²) in [4.78, 5) is 18.9. The van der Waals surface area contributed by atoms with E-state index in [4.69, 9.17) is 0 Å². The summed E-state index contributed by atoms with van der Waals surface area (Å²) in [6.07, 6.45) is 3.00. The second kappa shape index (κ2) is 4.28. The zero-order valence-corrected chi connectivity index (χ0v) is 11.3. The molecule has 2 saturated heterocycles. The number of fused-ring (bicyclic) bond motifs is 3. The molecule has 0 aromatic carbocycles. The number of amides is 1. The van der Waals surface area contributed by atoms with Crippen molar-refractivity contribution in [2.45, 2.75) is 12.5 Å². The van der Waals surface area contributed by atoms with Gasteiger partial charge in [-0.05, 0) is 41.8 Å². The number of aromatic nitrogens is 1. The van der Waals surface area contributed by atoms with Gasteiger partial charge in [0.05, 0.1) is 4.70 Å². The van der Waals surface area contributed by atoms with Gasteiger partial charge < -0.3 is 10.2 Å².